The summed E-state index contributed by atoms with van der Waals surface area (Å²) in [6.07, 6.45) is 0. The summed E-state index contributed by atoms with van der Waals surface area (Å²) >= 11 is 3.43. The van der Waals surface area contributed by atoms with Crippen LogP contribution in [0.3, 0.4) is 0 Å². The number of hydrogen-bond donors (Lipinski definition) is 1. The van der Waals surface area contributed by atoms with Gasteiger partial charge in [0, 0.05) is 22.6 Å². The lowest BCUT2D eigenvalue weighted by molar-refractivity contribution is 0.416. The first kappa shape index (κ1) is 15.0. The monoisotopic (exact) mass is 334 g/mol. The standard InChI is InChI=1S/C16H19BrN2O/c1-16(2,3)18-11-13-7-5-9-15(19-13)20-14-8-4-6-12(17)10-14/h4-10,18H,11H2,1-3H3. The summed E-state index contributed by atoms with van der Waals surface area (Å²) < 4.78 is 6.75. The molecule has 0 radical (unpaired) electrons. The van der Waals surface area contributed by atoms with Crippen molar-refractivity contribution in [1.82, 2.24) is 10.3 Å². The molecule has 0 unspecified atom stereocenters. The number of halogens is 1. The molecular formula is C16H19BrN2O. The zero-order valence-corrected chi connectivity index (χ0v) is 13.6. The SMILES string of the molecule is CC(C)(C)NCc1cccc(Oc2cccc(Br)c2)n1. The average molecular weight is 335 g/mol. The Labute approximate surface area is 128 Å². The highest BCUT2D eigenvalue weighted by Gasteiger charge is 2.09. The molecule has 0 aliphatic heterocycles. The Kier molecular flexibility index (Phi) is 4.78. The summed E-state index contributed by atoms with van der Waals surface area (Å²) in [4.78, 5) is 4.50. The van der Waals surface area contributed by atoms with Crippen molar-refractivity contribution in [2.45, 2.75) is 32.9 Å². The van der Waals surface area contributed by atoms with Gasteiger partial charge in [-0.1, -0.05) is 28.1 Å². The second-order valence-electron chi connectivity index (χ2n) is 5.63. The van der Waals surface area contributed by atoms with Crippen LogP contribution in [0.15, 0.2) is 46.9 Å². The lowest BCUT2D eigenvalue weighted by Crippen LogP contribution is -2.35. The first-order valence-electron chi connectivity index (χ1n) is 6.57. The number of benzene rings is 1. The molecule has 0 bridgehead atoms. The summed E-state index contributed by atoms with van der Waals surface area (Å²) in [5.41, 5.74) is 1.04. The summed E-state index contributed by atoms with van der Waals surface area (Å²) in [5, 5.41) is 3.41. The van der Waals surface area contributed by atoms with Crippen LogP contribution in [0.2, 0.25) is 0 Å². The molecule has 1 heterocycles. The lowest BCUT2D eigenvalue weighted by atomic mass is 10.1. The molecule has 0 aliphatic rings. The smallest absolute Gasteiger partial charge is 0.219 e. The van der Waals surface area contributed by atoms with Crippen molar-refractivity contribution in [2.24, 2.45) is 0 Å². The van der Waals surface area contributed by atoms with Crippen LogP contribution in [-0.2, 0) is 6.54 Å². The van der Waals surface area contributed by atoms with E-state index in [1.54, 1.807) is 0 Å². The van der Waals surface area contributed by atoms with Crippen LogP contribution in [0.5, 0.6) is 11.6 Å². The molecule has 0 saturated carbocycles. The molecule has 4 heteroatoms. The Balaban J connectivity index is 2.06. The minimum absolute atomic E-state index is 0.0723. The molecule has 0 amide bonds. The van der Waals surface area contributed by atoms with Gasteiger partial charge in [-0.05, 0) is 45.0 Å². The zero-order chi connectivity index (χ0) is 14.6. The van der Waals surface area contributed by atoms with Crippen LogP contribution in [0.4, 0.5) is 0 Å². The van der Waals surface area contributed by atoms with E-state index >= 15 is 0 Å². The molecule has 0 saturated heterocycles. The fraction of sp³-hybridized carbons (Fsp3) is 0.312. The second-order valence-corrected chi connectivity index (χ2v) is 6.55. The fourth-order valence-corrected chi connectivity index (χ4v) is 2.00. The molecule has 2 aromatic rings. The molecule has 20 heavy (non-hydrogen) atoms. The minimum atomic E-state index is 0.0723. The van der Waals surface area contributed by atoms with Crippen molar-refractivity contribution in [3.8, 4) is 11.6 Å². The summed E-state index contributed by atoms with van der Waals surface area (Å²) in [6.45, 7) is 7.12. The van der Waals surface area contributed by atoms with Gasteiger partial charge in [-0.3, -0.25) is 0 Å². The summed E-state index contributed by atoms with van der Waals surface area (Å²) in [6, 6.07) is 13.5. The fourth-order valence-electron chi connectivity index (χ4n) is 1.62. The number of pyridine rings is 1. The van der Waals surface area contributed by atoms with Crippen molar-refractivity contribution in [3.05, 3.63) is 52.6 Å². The Morgan fingerprint density at radius 3 is 2.60 bits per heavy atom. The van der Waals surface area contributed by atoms with Crippen LogP contribution in [0, 0.1) is 0 Å². The van der Waals surface area contributed by atoms with Crippen LogP contribution in [-0.4, -0.2) is 10.5 Å². The Morgan fingerprint density at radius 1 is 1.15 bits per heavy atom. The molecule has 1 aromatic carbocycles. The van der Waals surface area contributed by atoms with E-state index < -0.39 is 0 Å². The third-order valence-corrected chi connectivity index (χ3v) is 3.09. The predicted molar refractivity (Wildman–Crippen MR) is 85.0 cm³/mol. The molecule has 0 atom stereocenters. The maximum absolute atomic E-state index is 5.76. The van der Waals surface area contributed by atoms with Gasteiger partial charge in [-0.15, -0.1) is 0 Å². The number of hydrogen-bond acceptors (Lipinski definition) is 3. The van der Waals surface area contributed by atoms with Gasteiger partial charge in [-0.25, -0.2) is 4.98 Å². The molecule has 2 rings (SSSR count). The number of rotatable bonds is 4. The van der Waals surface area contributed by atoms with E-state index in [9.17, 15) is 0 Å². The van der Waals surface area contributed by atoms with E-state index in [0.29, 0.717) is 5.88 Å². The van der Waals surface area contributed by atoms with E-state index in [1.807, 2.05) is 42.5 Å². The van der Waals surface area contributed by atoms with E-state index in [1.165, 1.54) is 0 Å². The van der Waals surface area contributed by atoms with Crippen LogP contribution < -0.4 is 10.1 Å². The highest BCUT2D eigenvalue weighted by molar-refractivity contribution is 9.10. The molecule has 0 aliphatic carbocycles. The van der Waals surface area contributed by atoms with E-state index in [2.05, 4.69) is 47.0 Å². The van der Waals surface area contributed by atoms with Gasteiger partial charge in [0.25, 0.3) is 0 Å². The van der Waals surface area contributed by atoms with Gasteiger partial charge in [-0.2, -0.15) is 0 Å². The third-order valence-electron chi connectivity index (χ3n) is 2.60. The maximum Gasteiger partial charge on any atom is 0.219 e. The van der Waals surface area contributed by atoms with Crippen LogP contribution in [0.25, 0.3) is 0 Å². The zero-order valence-electron chi connectivity index (χ0n) is 12.0. The van der Waals surface area contributed by atoms with E-state index in [0.717, 1.165) is 22.5 Å². The number of ether oxygens (including phenoxy) is 1. The van der Waals surface area contributed by atoms with Gasteiger partial charge >= 0.3 is 0 Å². The minimum Gasteiger partial charge on any atom is -0.439 e. The maximum atomic E-state index is 5.76. The largest absolute Gasteiger partial charge is 0.439 e. The number of nitrogens with one attached hydrogen (secondary N) is 1. The molecule has 0 spiro atoms. The van der Waals surface area contributed by atoms with Crippen LogP contribution >= 0.6 is 15.9 Å². The van der Waals surface area contributed by atoms with E-state index in [4.69, 9.17) is 4.74 Å². The molecule has 0 fully saturated rings. The van der Waals surface area contributed by atoms with Gasteiger partial charge in [0.15, 0.2) is 0 Å². The first-order chi connectivity index (χ1) is 9.42. The normalized spacial score (nSPS) is 11.4. The lowest BCUT2D eigenvalue weighted by Gasteiger charge is -2.20. The predicted octanol–water partition coefficient (Wildman–Crippen LogP) is 4.52. The average Bonchev–Trinajstić information content (AvgIpc) is 2.36. The molecular weight excluding hydrogens is 316 g/mol. The second kappa shape index (κ2) is 6.37. The topological polar surface area (TPSA) is 34.1 Å². The van der Waals surface area contributed by atoms with Gasteiger partial charge in [0.05, 0.1) is 5.69 Å². The Hall–Kier alpha value is -1.39. The Bertz CT molecular complexity index is 579. The number of aromatic nitrogens is 1. The quantitative estimate of drug-likeness (QED) is 0.892. The highest BCUT2D eigenvalue weighted by atomic mass is 79.9. The molecule has 106 valence electrons. The van der Waals surface area contributed by atoms with Crippen molar-refractivity contribution in [2.75, 3.05) is 0 Å². The Morgan fingerprint density at radius 2 is 1.90 bits per heavy atom. The molecule has 1 N–H and O–H groups in total. The first-order valence-corrected chi connectivity index (χ1v) is 7.36. The molecule has 3 nitrogen and oxygen atoms in total. The third kappa shape index (κ3) is 4.94. The van der Waals surface area contributed by atoms with Crippen molar-refractivity contribution >= 4 is 15.9 Å². The van der Waals surface area contributed by atoms with Gasteiger partial charge in [0.2, 0.25) is 5.88 Å². The summed E-state index contributed by atoms with van der Waals surface area (Å²) in [5.74, 6) is 1.38. The van der Waals surface area contributed by atoms with Crippen molar-refractivity contribution < 1.29 is 4.74 Å². The highest BCUT2D eigenvalue weighted by Crippen LogP contribution is 2.23. The van der Waals surface area contributed by atoms with Gasteiger partial charge < -0.3 is 10.1 Å². The summed E-state index contributed by atoms with van der Waals surface area (Å²) in [7, 11) is 0. The van der Waals surface area contributed by atoms with E-state index in [-0.39, 0.29) is 5.54 Å². The van der Waals surface area contributed by atoms with Crippen molar-refractivity contribution in [3.63, 3.8) is 0 Å². The van der Waals surface area contributed by atoms with Crippen LogP contribution in [0.1, 0.15) is 26.5 Å². The van der Waals surface area contributed by atoms with Gasteiger partial charge in [0.1, 0.15) is 5.75 Å². The number of nitrogens with zero attached hydrogens (tertiary/aromatic N) is 1. The molecule has 1 aromatic heterocycles. The van der Waals surface area contributed by atoms with Crippen molar-refractivity contribution in [1.29, 1.82) is 0 Å².